The first kappa shape index (κ1) is 31.9. The van der Waals surface area contributed by atoms with Gasteiger partial charge in [0.15, 0.2) is 0 Å². The molecule has 0 bridgehead atoms. The molecule has 0 atom stereocenters. The Morgan fingerprint density at radius 1 is 0.484 bits per heavy atom. The Kier molecular flexibility index (Phi) is 22.0. The molecule has 0 aliphatic carbocycles. The minimum absolute atomic E-state index is 0.00999. The van der Waals surface area contributed by atoms with Crippen molar-refractivity contribution < 1.29 is 0 Å². The zero-order valence-electron chi connectivity index (χ0n) is 15.8. The van der Waals surface area contributed by atoms with Crippen LogP contribution >= 0.6 is 116 Å². The first-order valence-corrected chi connectivity index (χ1v) is 16.7. The van der Waals surface area contributed by atoms with Crippen LogP contribution < -0.4 is 0 Å². The molecule has 23 heteroatoms. The Hall–Kier alpha value is 0.895. The molecule has 0 saturated heterocycles. The molecule has 0 aromatic rings. The summed E-state index contributed by atoms with van der Waals surface area (Å²) >= 11 is 12.2. The van der Waals surface area contributed by atoms with Gasteiger partial charge in [-0.25, -0.2) is 45.9 Å². The summed E-state index contributed by atoms with van der Waals surface area (Å²) in [6.45, 7) is 3.86. The summed E-state index contributed by atoms with van der Waals surface area (Å²) in [5.41, 5.74) is 0. The smallest absolute Gasteiger partial charge is 0.239 e. The van der Waals surface area contributed by atoms with Crippen LogP contribution in [0.4, 0.5) is 0 Å². The van der Waals surface area contributed by atoms with E-state index in [1.54, 1.807) is 22.9 Å². The molecule has 0 N–H and O–H groups in total. The van der Waals surface area contributed by atoms with E-state index in [1.807, 2.05) is 42.3 Å². The standard InChI is InChI=1S/C8H6B7N6S10/c1-10(22-3-16)28-12(29-11(2)23-4-17)9-13(30-14(24-5-18)25-6-19)31-15(26-7-20)27-8-21/h1-2H3. The quantitative estimate of drug-likeness (QED) is 0.176. The molecule has 0 unspecified atom stereocenters. The van der Waals surface area contributed by atoms with Gasteiger partial charge in [-0.05, 0) is 0 Å². The molecule has 0 aliphatic heterocycles. The first-order chi connectivity index (χ1) is 14.9. The van der Waals surface area contributed by atoms with Crippen molar-refractivity contribution in [2.45, 2.75) is 13.6 Å². The number of nitrogens with zero attached hydrogens (tertiary/aromatic N) is 6. The van der Waals surface area contributed by atoms with Crippen LogP contribution in [0.5, 0.6) is 0 Å². The lowest BCUT2D eigenvalue weighted by Crippen LogP contribution is -2.34. The number of hydrogen-bond donors (Lipinski definition) is 0. The van der Waals surface area contributed by atoms with E-state index in [9.17, 15) is 0 Å². The fourth-order valence-corrected chi connectivity index (χ4v) is 13.3. The third kappa shape index (κ3) is 17.1. The minimum atomic E-state index is -0.365. The van der Waals surface area contributed by atoms with Crippen LogP contribution in [-0.4, -0.2) is 37.0 Å². The summed E-state index contributed by atoms with van der Waals surface area (Å²) in [4.78, 5) is 0. The van der Waals surface area contributed by atoms with Gasteiger partial charge in [0, 0.05) is 0 Å². The van der Waals surface area contributed by atoms with Crippen molar-refractivity contribution in [3.63, 3.8) is 0 Å². The van der Waals surface area contributed by atoms with E-state index in [2.05, 4.69) is 10.8 Å². The van der Waals surface area contributed by atoms with Crippen molar-refractivity contribution >= 4 is 153 Å². The summed E-state index contributed by atoms with van der Waals surface area (Å²) in [5, 5.41) is 66.0. The topological polar surface area (TPSA) is 143 Å². The molecule has 6 nitrogen and oxygen atoms in total. The minimum Gasteiger partial charge on any atom is -0.239 e. The second-order valence-corrected chi connectivity index (χ2v) is 18.7. The van der Waals surface area contributed by atoms with Crippen molar-refractivity contribution in [2.75, 3.05) is 0 Å². The molecule has 0 fully saturated rings. The Labute approximate surface area is 227 Å². The lowest BCUT2D eigenvalue weighted by molar-refractivity contribution is 1.57. The van der Waals surface area contributed by atoms with Gasteiger partial charge in [-0.1, -0.05) is 83.3 Å². The maximum atomic E-state index is 9.06. The molecular weight excluding hydrogens is 576 g/mol. The molecule has 0 aromatic carbocycles. The summed E-state index contributed by atoms with van der Waals surface area (Å²) in [6.07, 6.45) is 0. The van der Waals surface area contributed by atoms with E-state index in [4.69, 9.17) is 31.6 Å². The number of rotatable bonds is 16. The zero-order chi connectivity index (χ0) is 23.5. The second kappa shape index (κ2) is 21.4. The lowest BCUT2D eigenvalue weighted by Gasteiger charge is -2.22. The molecule has 31 heavy (non-hydrogen) atoms. The third-order valence-electron chi connectivity index (χ3n) is 2.49. The van der Waals surface area contributed by atoms with E-state index in [1.165, 1.54) is 22.9 Å². The molecule has 0 spiro atoms. The molecule has 0 aromatic heterocycles. The molecule has 0 saturated carbocycles. The Balaban J connectivity index is 5.60. The highest BCUT2D eigenvalue weighted by atomic mass is 32.3. The number of hydrogen-bond acceptors (Lipinski definition) is 16. The van der Waals surface area contributed by atoms with Gasteiger partial charge in [-0.3, -0.25) is 0 Å². The van der Waals surface area contributed by atoms with E-state index in [0.29, 0.717) is 0 Å². The predicted molar refractivity (Wildman–Crippen MR) is 162 cm³/mol. The maximum Gasteiger partial charge on any atom is 0.363 e. The van der Waals surface area contributed by atoms with Crippen LogP contribution in [-0.2, 0) is 0 Å². The number of nitriles is 6. The van der Waals surface area contributed by atoms with Gasteiger partial charge in [0.05, 0.1) is 7.06 Å². The van der Waals surface area contributed by atoms with Crippen LogP contribution in [0.25, 0.3) is 0 Å². The average molecular weight is 583 g/mol. The zero-order valence-corrected chi connectivity index (χ0v) is 24.0. The van der Waals surface area contributed by atoms with Gasteiger partial charge >= 0.3 is 9.10 Å². The molecule has 1 radical (unpaired) electrons. The van der Waals surface area contributed by atoms with Crippen LogP contribution in [0.1, 0.15) is 0 Å². The van der Waals surface area contributed by atoms with Gasteiger partial charge in [-0.15, -0.1) is 0 Å². The van der Waals surface area contributed by atoms with Crippen molar-refractivity contribution in [1.29, 1.82) is 31.6 Å². The largest absolute Gasteiger partial charge is 0.363 e. The highest BCUT2D eigenvalue weighted by Gasteiger charge is 2.36. The second-order valence-electron chi connectivity index (χ2n) is 4.44. The normalized spacial score (nSPS) is 8.77. The Morgan fingerprint density at radius 2 is 0.774 bits per heavy atom. The van der Waals surface area contributed by atoms with Crippen LogP contribution in [0.2, 0.25) is 13.6 Å². The van der Waals surface area contributed by atoms with E-state index >= 15 is 0 Å². The average Bonchev–Trinajstić information content (AvgIpc) is 2.69. The maximum absolute atomic E-state index is 9.06. The van der Waals surface area contributed by atoms with Crippen LogP contribution in [0.3, 0.4) is 0 Å². The van der Waals surface area contributed by atoms with Gasteiger partial charge in [0.2, 0.25) is 10.3 Å². The molecule has 0 rings (SSSR count). The molecule has 149 valence electrons. The summed E-state index contributed by atoms with van der Waals surface area (Å²) < 4.78 is -0.730. The van der Waals surface area contributed by atoms with Gasteiger partial charge in [0.1, 0.15) is 32.4 Å². The van der Waals surface area contributed by atoms with Gasteiger partial charge in [-0.2, -0.15) is 31.6 Å². The third-order valence-corrected chi connectivity index (χ3v) is 13.7. The lowest BCUT2D eigenvalue weighted by atomic mass is 9.35. The summed E-state index contributed by atoms with van der Waals surface area (Å²) in [6, 6.07) is 0. The number of thiocyanates is 6. The Morgan fingerprint density at radius 3 is 1.06 bits per heavy atom. The first-order valence-electron chi connectivity index (χ1n) is 7.69. The fraction of sp³-hybridized carbons (Fsp3) is 0.250. The van der Waals surface area contributed by atoms with Crippen LogP contribution in [0.15, 0.2) is 0 Å². The molecule has 0 heterocycles. The predicted octanol–water partition coefficient (Wildman–Crippen LogP) is 5.08. The van der Waals surface area contributed by atoms with Crippen molar-refractivity contribution in [3.05, 3.63) is 0 Å². The molecular formula is C8H6B7N6S10. The summed E-state index contributed by atoms with van der Waals surface area (Å²) in [7, 11) is 2.04. The van der Waals surface area contributed by atoms with E-state index in [-0.39, 0.29) is 30.0 Å². The van der Waals surface area contributed by atoms with Gasteiger partial charge in [0.25, 0.3) is 10.5 Å². The fourth-order valence-electron chi connectivity index (χ4n) is 1.51. The monoisotopic (exact) mass is 583 g/mol. The molecule has 0 aliphatic rings. The summed E-state index contributed by atoms with van der Waals surface area (Å²) in [5.74, 6) is 0. The van der Waals surface area contributed by atoms with Gasteiger partial charge < -0.3 is 0 Å². The highest BCUT2D eigenvalue weighted by Crippen LogP contribution is 2.40. The van der Waals surface area contributed by atoms with Crippen LogP contribution in [0, 0.1) is 64.0 Å². The van der Waals surface area contributed by atoms with Crippen molar-refractivity contribution in [1.82, 2.24) is 0 Å². The van der Waals surface area contributed by atoms with E-state index < -0.39 is 0 Å². The van der Waals surface area contributed by atoms with Crippen molar-refractivity contribution in [2.24, 2.45) is 0 Å². The molecule has 0 amide bonds. The Bertz CT molecular complexity index is 693. The highest BCUT2D eigenvalue weighted by molar-refractivity contribution is 8.98. The van der Waals surface area contributed by atoms with Crippen molar-refractivity contribution in [3.8, 4) is 32.4 Å². The van der Waals surface area contributed by atoms with E-state index in [0.717, 1.165) is 69.7 Å². The SMILES string of the molecule is CB(SC#N)SB([B]B(SB(SC#N)SC#N)SB(SC#N)SC#N)SB(C)SC#N.